The predicted octanol–water partition coefficient (Wildman–Crippen LogP) is 3.56. The summed E-state index contributed by atoms with van der Waals surface area (Å²) in [6, 6.07) is 0. The maximum atomic E-state index is 2.43. The highest BCUT2D eigenvalue weighted by molar-refractivity contribution is 4.86. The lowest BCUT2D eigenvalue weighted by atomic mass is 9.86. The van der Waals surface area contributed by atoms with Crippen molar-refractivity contribution < 1.29 is 0 Å². The number of rotatable bonds is 7. The first-order valence-corrected chi connectivity index (χ1v) is 6.44. The second kappa shape index (κ2) is 6.95. The van der Waals surface area contributed by atoms with Crippen LogP contribution in [0.15, 0.2) is 12.3 Å². The summed E-state index contributed by atoms with van der Waals surface area (Å²) in [5, 5.41) is 0. The van der Waals surface area contributed by atoms with E-state index in [0.29, 0.717) is 5.92 Å². The summed E-state index contributed by atoms with van der Waals surface area (Å²) < 4.78 is 0. The molecule has 1 atom stereocenters. The number of hydrogen-bond donors (Lipinski definition) is 0. The van der Waals surface area contributed by atoms with Crippen LogP contribution in [0.25, 0.3) is 0 Å². The maximum Gasteiger partial charge on any atom is 0.0700 e. The fourth-order valence-electron chi connectivity index (χ4n) is 1.73. The van der Waals surface area contributed by atoms with Crippen LogP contribution in [0.1, 0.15) is 47.5 Å². The zero-order valence-corrected chi connectivity index (χ0v) is 12.2. The molecular weight excluding hydrogens is 196 g/mol. The fraction of sp³-hybridized carbons (Fsp3) is 0.857. The van der Waals surface area contributed by atoms with Crippen molar-refractivity contribution in [1.82, 2.24) is 9.80 Å². The Bertz CT molecular complexity index is 209. The summed E-state index contributed by atoms with van der Waals surface area (Å²) >= 11 is 0. The molecule has 0 aromatic heterocycles. The van der Waals surface area contributed by atoms with E-state index in [-0.39, 0.29) is 5.54 Å². The van der Waals surface area contributed by atoms with Gasteiger partial charge < -0.3 is 4.90 Å². The molecule has 0 N–H and O–H groups in total. The molecule has 0 fully saturated rings. The van der Waals surface area contributed by atoms with Gasteiger partial charge in [-0.15, -0.1) is 0 Å². The maximum absolute atomic E-state index is 2.43. The zero-order valence-electron chi connectivity index (χ0n) is 12.2. The summed E-state index contributed by atoms with van der Waals surface area (Å²) in [7, 11) is 4.35. The van der Waals surface area contributed by atoms with Crippen molar-refractivity contribution in [1.29, 1.82) is 0 Å². The summed E-state index contributed by atoms with van der Waals surface area (Å²) in [6.45, 7) is 12.4. The van der Waals surface area contributed by atoms with Gasteiger partial charge in [0, 0.05) is 12.6 Å². The van der Waals surface area contributed by atoms with Crippen LogP contribution in [-0.4, -0.2) is 36.1 Å². The lowest BCUT2D eigenvalue weighted by Gasteiger charge is -2.42. The first kappa shape index (κ1) is 15.5. The van der Waals surface area contributed by atoms with E-state index >= 15 is 0 Å². The minimum absolute atomic E-state index is 0.253. The highest BCUT2D eigenvalue weighted by Gasteiger charge is 2.29. The van der Waals surface area contributed by atoms with Crippen LogP contribution in [0.3, 0.4) is 0 Å². The van der Waals surface area contributed by atoms with Crippen LogP contribution < -0.4 is 0 Å². The average Bonchev–Trinajstić information content (AvgIpc) is 2.24. The van der Waals surface area contributed by atoms with Crippen molar-refractivity contribution in [3.05, 3.63) is 12.3 Å². The van der Waals surface area contributed by atoms with Crippen LogP contribution in [0.2, 0.25) is 0 Å². The van der Waals surface area contributed by atoms with Crippen LogP contribution >= 0.6 is 0 Å². The number of allylic oxidation sites excluding steroid dienone is 1. The van der Waals surface area contributed by atoms with Crippen LogP contribution in [-0.2, 0) is 0 Å². The van der Waals surface area contributed by atoms with Crippen LogP contribution in [0.4, 0.5) is 0 Å². The quantitative estimate of drug-likeness (QED) is 0.613. The van der Waals surface area contributed by atoms with Gasteiger partial charge in [0.1, 0.15) is 0 Å². The van der Waals surface area contributed by atoms with E-state index in [1.807, 2.05) is 0 Å². The Kier molecular flexibility index (Phi) is 6.73. The van der Waals surface area contributed by atoms with Crippen LogP contribution in [0, 0.1) is 5.92 Å². The molecule has 2 heteroatoms. The van der Waals surface area contributed by atoms with E-state index in [1.165, 1.54) is 6.42 Å². The van der Waals surface area contributed by atoms with E-state index < -0.39 is 0 Å². The second-order valence-corrected chi connectivity index (χ2v) is 5.35. The lowest BCUT2D eigenvalue weighted by Crippen LogP contribution is -2.49. The molecule has 0 saturated heterocycles. The molecular formula is C14H30N2. The second-order valence-electron chi connectivity index (χ2n) is 5.35. The molecule has 0 rings (SSSR count). The summed E-state index contributed by atoms with van der Waals surface area (Å²) in [6.07, 6.45) is 6.70. The molecule has 0 aromatic carbocycles. The van der Waals surface area contributed by atoms with Crippen molar-refractivity contribution in [3.63, 3.8) is 0 Å². The summed E-state index contributed by atoms with van der Waals surface area (Å²) in [4.78, 5) is 4.68. The Balaban J connectivity index is 4.33. The average molecular weight is 226 g/mol. The van der Waals surface area contributed by atoms with Crippen molar-refractivity contribution >= 4 is 0 Å². The van der Waals surface area contributed by atoms with Crippen LogP contribution in [0.5, 0.6) is 0 Å². The van der Waals surface area contributed by atoms with E-state index in [0.717, 1.165) is 13.1 Å². The highest BCUT2D eigenvalue weighted by atomic mass is 15.3. The molecule has 96 valence electrons. The van der Waals surface area contributed by atoms with Gasteiger partial charge in [-0.05, 0) is 39.4 Å². The lowest BCUT2D eigenvalue weighted by molar-refractivity contribution is 0.0599. The Morgan fingerprint density at radius 3 is 2.19 bits per heavy atom. The number of hydrogen-bond acceptors (Lipinski definition) is 2. The molecule has 0 amide bonds. The first-order valence-electron chi connectivity index (χ1n) is 6.44. The minimum Gasteiger partial charge on any atom is -0.368 e. The minimum atomic E-state index is 0.253. The molecule has 0 aliphatic carbocycles. The standard InChI is InChI=1S/C14H30N2/c1-8-10-11-15(6)12-16(7)14(4,5)13(3)9-2/h10-11,13H,8-9,12H2,1-7H3/b11-10-/t13-/m0/s1. The topological polar surface area (TPSA) is 6.48 Å². The fourth-order valence-corrected chi connectivity index (χ4v) is 1.73. The normalized spacial score (nSPS) is 14.8. The predicted molar refractivity (Wildman–Crippen MR) is 73.4 cm³/mol. The molecule has 0 aromatic rings. The Morgan fingerprint density at radius 1 is 1.19 bits per heavy atom. The molecule has 0 radical (unpaired) electrons. The first-order chi connectivity index (χ1) is 7.36. The van der Waals surface area contributed by atoms with Gasteiger partial charge >= 0.3 is 0 Å². The van der Waals surface area contributed by atoms with Gasteiger partial charge in [-0.2, -0.15) is 0 Å². The summed E-state index contributed by atoms with van der Waals surface area (Å²) in [5.41, 5.74) is 0.253. The zero-order chi connectivity index (χ0) is 12.8. The van der Waals surface area contributed by atoms with E-state index in [2.05, 4.69) is 70.8 Å². The molecule has 0 spiro atoms. The van der Waals surface area contributed by atoms with E-state index in [1.54, 1.807) is 0 Å². The summed E-state index contributed by atoms with van der Waals surface area (Å²) in [5.74, 6) is 0.709. The molecule has 0 heterocycles. The monoisotopic (exact) mass is 226 g/mol. The molecule has 0 aliphatic heterocycles. The molecule has 16 heavy (non-hydrogen) atoms. The highest BCUT2D eigenvalue weighted by Crippen LogP contribution is 2.25. The van der Waals surface area contributed by atoms with Crippen molar-refractivity contribution in [3.8, 4) is 0 Å². The van der Waals surface area contributed by atoms with Gasteiger partial charge in [0.05, 0.1) is 6.67 Å². The van der Waals surface area contributed by atoms with E-state index in [9.17, 15) is 0 Å². The third kappa shape index (κ3) is 4.56. The van der Waals surface area contributed by atoms with Gasteiger partial charge in [-0.1, -0.05) is 33.3 Å². The Morgan fingerprint density at radius 2 is 1.75 bits per heavy atom. The molecule has 0 aliphatic rings. The van der Waals surface area contributed by atoms with Gasteiger partial charge in [0.25, 0.3) is 0 Å². The number of nitrogens with zero attached hydrogens (tertiary/aromatic N) is 2. The molecule has 2 nitrogen and oxygen atoms in total. The third-order valence-corrected chi connectivity index (χ3v) is 3.83. The smallest absolute Gasteiger partial charge is 0.0700 e. The van der Waals surface area contributed by atoms with Gasteiger partial charge in [-0.3, -0.25) is 4.90 Å². The molecule has 0 saturated carbocycles. The Labute approximate surface area is 102 Å². The molecule has 0 bridgehead atoms. The van der Waals surface area contributed by atoms with Crippen molar-refractivity contribution in [2.45, 2.75) is 53.0 Å². The molecule has 0 unspecified atom stereocenters. The van der Waals surface area contributed by atoms with E-state index in [4.69, 9.17) is 0 Å². The van der Waals surface area contributed by atoms with Gasteiger partial charge in [0.15, 0.2) is 0 Å². The Hall–Kier alpha value is -0.500. The van der Waals surface area contributed by atoms with Gasteiger partial charge in [-0.25, -0.2) is 0 Å². The largest absolute Gasteiger partial charge is 0.368 e. The van der Waals surface area contributed by atoms with Crippen molar-refractivity contribution in [2.24, 2.45) is 5.92 Å². The van der Waals surface area contributed by atoms with Crippen molar-refractivity contribution in [2.75, 3.05) is 20.8 Å². The SMILES string of the molecule is CC/C=C\N(C)CN(C)C(C)(C)[C@@H](C)CC. The van der Waals surface area contributed by atoms with Gasteiger partial charge in [0.2, 0.25) is 0 Å². The third-order valence-electron chi connectivity index (χ3n) is 3.83.